The van der Waals surface area contributed by atoms with E-state index in [-0.39, 0.29) is 19.4 Å². The van der Waals surface area contributed by atoms with E-state index < -0.39 is 71.2 Å². The van der Waals surface area contributed by atoms with Crippen LogP contribution in [0.4, 0.5) is 0 Å². The SMILES string of the molecule is CC/C=C\C/C=C\C/C=C\CCCCCCCC(=O)OC(COC(=O)CCCCCCC/C=C\C/C=C\CCCCCC)COC1OC(CS(=O)(=O)O)C(O)C(O)C1O. The molecule has 59 heavy (non-hydrogen) atoms. The third-order valence-corrected chi connectivity index (χ3v) is 10.6. The normalized spacial score (nSPS) is 20.8. The third-order valence-electron chi connectivity index (χ3n) is 9.83. The van der Waals surface area contributed by atoms with E-state index in [0.29, 0.717) is 12.8 Å². The van der Waals surface area contributed by atoms with Crippen LogP contribution in [0.2, 0.25) is 0 Å². The molecule has 0 aromatic heterocycles. The van der Waals surface area contributed by atoms with Crippen molar-refractivity contribution in [2.75, 3.05) is 19.0 Å². The molecule has 13 heteroatoms. The summed E-state index contributed by atoms with van der Waals surface area (Å²) in [5.41, 5.74) is 0. The van der Waals surface area contributed by atoms with E-state index in [1.165, 1.54) is 25.7 Å². The lowest BCUT2D eigenvalue weighted by Crippen LogP contribution is -2.60. The summed E-state index contributed by atoms with van der Waals surface area (Å²) in [6, 6.07) is 0. The zero-order valence-corrected chi connectivity index (χ0v) is 36.9. The number of aliphatic hydroxyl groups excluding tert-OH is 3. The molecule has 0 radical (unpaired) electrons. The lowest BCUT2D eigenvalue weighted by molar-refractivity contribution is -0.297. The molecule has 0 aromatic rings. The van der Waals surface area contributed by atoms with Gasteiger partial charge in [-0.15, -0.1) is 0 Å². The molecule has 340 valence electrons. The maximum Gasteiger partial charge on any atom is 0.306 e. The van der Waals surface area contributed by atoms with E-state index in [1.807, 2.05) is 0 Å². The van der Waals surface area contributed by atoms with Crippen LogP contribution >= 0.6 is 0 Å². The zero-order valence-electron chi connectivity index (χ0n) is 36.1. The number of allylic oxidation sites excluding steroid dienone is 10. The highest BCUT2D eigenvalue weighted by Gasteiger charge is 2.46. The fourth-order valence-electron chi connectivity index (χ4n) is 6.37. The van der Waals surface area contributed by atoms with Gasteiger partial charge in [-0.3, -0.25) is 14.1 Å². The van der Waals surface area contributed by atoms with Crippen molar-refractivity contribution >= 4 is 22.1 Å². The van der Waals surface area contributed by atoms with Crippen molar-refractivity contribution in [2.24, 2.45) is 0 Å². The van der Waals surface area contributed by atoms with Crippen LogP contribution in [0.5, 0.6) is 0 Å². The van der Waals surface area contributed by atoms with Gasteiger partial charge in [0.2, 0.25) is 0 Å². The molecule has 1 saturated heterocycles. The van der Waals surface area contributed by atoms with Crippen molar-refractivity contribution < 1.29 is 56.8 Å². The highest BCUT2D eigenvalue weighted by Crippen LogP contribution is 2.24. The zero-order chi connectivity index (χ0) is 43.4. The van der Waals surface area contributed by atoms with E-state index in [0.717, 1.165) is 96.3 Å². The highest BCUT2D eigenvalue weighted by molar-refractivity contribution is 7.85. The Morgan fingerprint density at radius 3 is 1.59 bits per heavy atom. The Hall–Kier alpha value is -2.65. The van der Waals surface area contributed by atoms with Gasteiger partial charge in [-0.1, -0.05) is 132 Å². The highest BCUT2D eigenvalue weighted by atomic mass is 32.2. The maximum atomic E-state index is 12.8. The third kappa shape index (κ3) is 30.9. The molecule has 0 spiro atoms. The Balaban J connectivity index is 2.48. The number of ether oxygens (including phenoxy) is 4. The quantitative estimate of drug-likeness (QED) is 0.0203. The molecule has 0 aliphatic carbocycles. The fraction of sp³-hybridized carbons (Fsp3) is 0.739. The fourth-order valence-corrected chi connectivity index (χ4v) is 7.06. The van der Waals surface area contributed by atoms with Crippen molar-refractivity contribution in [1.29, 1.82) is 0 Å². The van der Waals surface area contributed by atoms with E-state index in [9.17, 15) is 37.9 Å². The molecule has 4 N–H and O–H groups in total. The van der Waals surface area contributed by atoms with E-state index in [4.69, 9.17) is 18.9 Å². The minimum absolute atomic E-state index is 0.139. The first kappa shape index (κ1) is 54.4. The van der Waals surface area contributed by atoms with E-state index in [2.05, 4.69) is 74.6 Å². The number of hydrogen-bond acceptors (Lipinski definition) is 11. The minimum Gasteiger partial charge on any atom is -0.462 e. The summed E-state index contributed by atoms with van der Waals surface area (Å²) in [5, 5.41) is 30.9. The lowest BCUT2D eigenvalue weighted by Gasteiger charge is -2.40. The van der Waals surface area contributed by atoms with Gasteiger partial charge < -0.3 is 34.3 Å². The monoisotopic (exact) mass is 855 g/mol. The molecule has 1 aliphatic heterocycles. The standard InChI is InChI=1S/C46H78O12S/c1-3-5-7-9-11-13-15-17-19-21-22-24-26-28-30-32-34-41(47)55-36-39(37-56-46-45(51)44(50)43(49)40(58-46)38-59(52,53)54)57-42(48)35-33-31-29-27-25-23-20-18-16-14-12-10-8-6-4-2/h6,8,12-15,18-21,39-40,43-46,49-51H,3-5,7,9-11,16-17,22-38H2,1-2H3,(H,52,53,54)/b8-6-,14-12-,15-13-,20-18-,21-19-. The first-order valence-electron chi connectivity index (χ1n) is 22.3. The largest absolute Gasteiger partial charge is 0.462 e. The summed E-state index contributed by atoms with van der Waals surface area (Å²) < 4.78 is 54.0. The van der Waals surface area contributed by atoms with Crippen LogP contribution in [0.3, 0.4) is 0 Å². The summed E-state index contributed by atoms with van der Waals surface area (Å²) in [4.78, 5) is 25.4. The molecule has 1 fully saturated rings. The molecule has 0 amide bonds. The molecule has 12 nitrogen and oxygen atoms in total. The molecule has 6 atom stereocenters. The Morgan fingerprint density at radius 2 is 1.07 bits per heavy atom. The second-order valence-electron chi connectivity index (χ2n) is 15.3. The van der Waals surface area contributed by atoms with Crippen molar-refractivity contribution in [2.45, 2.75) is 198 Å². The molecule has 1 aliphatic rings. The number of aliphatic hydroxyl groups is 3. The van der Waals surface area contributed by atoms with E-state index >= 15 is 0 Å². The average Bonchev–Trinajstić information content (AvgIpc) is 3.20. The lowest BCUT2D eigenvalue weighted by atomic mass is 10.00. The first-order chi connectivity index (χ1) is 28.5. The van der Waals surface area contributed by atoms with Gasteiger partial charge in [0.25, 0.3) is 10.1 Å². The van der Waals surface area contributed by atoms with Crippen LogP contribution < -0.4 is 0 Å². The van der Waals surface area contributed by atoms with Crippen LogP contribution in [-0.4, -0.2) is 96.0 Å². The van der Waals surface area contributed by atoms with Gasteiger partial charge in [0, 0.05) is 12.8 Å². The van der Waals surface area contributed by atoms with E-state index in [1.54, 1.807) is 0 Å². The van der Waals surface area contributed by atoms with Crippen molar-refractivity contribution in [3.05, 3.63) is 60.8 Å². The van der Waals surface area contributed by atoms with Crippen LogP contribution in [0.15, 0.2) is 60.8 Å². The Labute approximate surface area is 355 Å². The van der Waals surface area contributed by atoms with Gasteiger partial charge >= 0.3 is 11.9 Å². The van der Waals surface area contributed by atoms with Crippen molar-refractivity contribution in [1.82, 2.24) is 0 Å². The van der Waals surface area contributed by atoms with Crippen LogP contribution in [0, 0.1) is 0 Å². The Morgan fingerprint density at radius 1 is 0.593 bits per heavy atom. The molecule has 0 saturated carbocycles. The number of rotatable bonds is 36. The molecule has 6 unspecified atom stereocenters. The molecule has 0 aromatic carbocycles. The van der Waals surface area contributed by atoms with Gasteiger partial charge in [-0.2, -0.15) is 8.42 Å². The molecular formula is C46H78O12S. The Bertz CT molecular complexity index is 1320. The van der Waals surface area contributed by atoms with Gasteiger partial charge in [-0.25, -0.2) is 0 Å². The van der Waals surface area contributed by atoms with Gasteiger partial charge in [0.1, 0.15) is 36.8 Å². The van der Waals surface area contributed by atoms with Gasteiger partial charge in [0.05, 0.1) is 6.61 Å². The summed E-state index contributed by atoms with van der Waals surface area (Å²) in [5.74, 6) is -2.03. The molecule has 1 rings (SSSR count). The van der Waals surface area contributed by atoms with Crippen LogP contribution in [-0.2, 0) is 38.7 Å². The maximum absolute atomic E-state index is 12.8. The molecule has 1 heterocycles. The van der Waals surface area contributed by atoms with Crippen molar-refractivity contribution in [3.63, 3.8) is 0 Å². The smallest absolute Gasteiger partial charge is 0.306 e. The van der Waals surface area contributed by atoms with Crippen LogP contribution in [0.25, 0.3) is 0 Å². The predicted octanol–water partition coefficient (Wildman–Crippen LogP) is 8.95. The number of unbranched alkanes of at least 4 members (excludes halogenated alkanes) is 14. The summed E-state index contributed by atoms with van der Waals surface area (Å²) in [6.45, 7) is 3.59. The number of carbonyl (C=O) groups is 2. The predicted molar refractivity (Wildman–Crippen MR) is 233 cm³/mol. The number of esters is 2. The van der Waals surface area contributed by atoms with Gasteiger partial charge in [0.15, 0.2) is 12.4 Å². The summed E-state index contributed by atoms with van der Waals surface area (Å²) in [6.07, 6.45) is 34.0. The summed E-state index contributed by atoms with van der Waals surface area (Å²) >= 11 is 0. The summed E-state index contributed by atoms with van der Waals surface area (Å²) in [7, 11) is -4.61. The minimum atomic E-state index is -4.61. The van der Waals surface area contributed by atoms with Crippen molar-refractivity contribution in [3.8, 4) is 0 Å². The Kier molecular flexibility index (Phi) is 33.2. The second-order valence-corrected chi connectivity index (χ2v) is 16.8. The first-order valence-corrected chi connectivity index (χ1v) is 24.0. The molecular weight excluding hydrogens is 777 g/mol. The van der Waals surface area contributed by atoms with Gasteiger partial charge in [-0.05, 0) is 77.0 Å². The molecule has 0 bridgehead atoms. The number of carbonyl (C=O) groups excluding carboxylic acids is 2. The average molecular weight is 855 g/mol. The second kappa shape index (κ2) is 36.0. The topological polar surface area (TPSA) is 186 Å². The number of hydrogen-bond donors (Lipinski definition) is 4. The van der Waals surface area contributed by atoms with Crippen LogP contribution in [0.1, 0.15) is 162 Å².